The van der Waals surface area contributed by atoms with Crippen molar-refractivity contribution in [1.29, 1.82) is 0 Å². The molecule has 0 fully saturated rings. The zero-order valence-electron chi connectivity index (χ0n) is 7.68. The van der Waals surface area contributed by atoms with Gasteiger partial charge in [0, 0.05) is 14.5 Å². The molecule has 0 bridgehead atoms. The lowest BCUT2D eigenvalue weighted by molar-refractivity contribution is -0.136. The van der Waals surface area contributed by atoms with Crippen molar-refractivity contribution in [2.75, 3.05) is 0 Å². The molecule has 0 aromatic rings. The molecule has 0 aliphatic carbocycles. The highest BCUT2D eigenvalue weighted by Gasteiger charge is 2.19. The average Bonchev–Trinajstić information content (AvgIpc) is 1.84. The van der Waals surface area contributed by atoms with E-state index < -0.39 is 14.0 Å². The zero-order valence-corrected chi connectivity index (χ0v) is 8.68. The lowest BCUT2D eigenvalue weighted by Gasteiger charge is -2.19. The second kappa shape index (κ2) is 4.54. The highest BCUT2D eigenvalue weighted by atomic mass is 28.3. The molecular weight excluding hydrogens is 156 g/mol. The van der Waals surface area contributed by atoms with E-state index in [-0.39, 0.29) is 0 Å². The molecule has 0 aromatic heterocycles. The minimum absolute atomic E-state index is 0.360. The van der Waals surface area contributed by atoms with Gasteiger partial charge in [0.05, 0.1) is 0 Å². The van der Waals surface area contributed by atoms with E-state index >= 15 is 0 Å². The fraction of sp³-hybridized carbons (Fsp3) is 0.875. The molecule has 11 heavy (non-hydrogen) atoms. The Morgan fingerprint density at radius 3 is 2.27 bits per heavy atom. The Balaban J connectivity index is 3.63. The number of carbonyl (C=O) groups is 1. The Bertz CT molecular complexity index is 132. The molecule has 0 spiro atoms. The Morgan fingerprint density at radius 1 is 1.36 bits per heavy atom. The summed E-state index contributed by atoms with van der Waals surface area (Å²) in [6, 6.07) is 2.18. The van der Waals surface area contributed by atoms with Crippen molar-refractivity contribution in [3.05, 3.63) is 0 Å². The van der Waals surface area contributed by atoms with E-state index in [9.17, 15) is 4.79 Å². The lowest BCUT2D eigenvalue weighted by Crippen LogP contribution is -2.25. The maximum atomic E-state index is 10.3. The van der Waals surface area contributed by atoms with Crippen LogP contribution in [0, 0.1) is 0 Å². The maximum Gasteiger partial charge on any atom is 0.303 e. The number of rotatable bonds is 5. The monoisotopic (exact) mass is 174 g/mol. The summed E-state index contributed by atoms with van der Waals surface area (Å²) < 4.78 is 0. The molecule has 0 radical (unpaired) electrons. The van der Waals surface area contributed by atoms with E-state index in [1.807, 2.05) is 0 Å². The Kier molecular flexibility index (Phi) is 4.41. The largest absolute Gasteiger partial charge is 0.481 e. The average molecular weight is 174 g/mol. The molecule has 66 valence electrons. The molecule has 0 aliphatic heterocycles. The third-order valence-electron chi connectivity index (χ3n) is 1.94. The van der Waals surface area contributed by atoms with Gasteiger partial charge in [-0.2, -0.15) is 0 Å². The molecule has 2 nitrogen and oxygen atoms in total. The smallest absolute Gasteiger partial charge is 0.303 e. The molecule has 1 N–H and O–H groups in total. The Morgan fingerprint density at radius 2 is 1.91 bits per heavy atom. The number of carboxylic acids is 1. The molecule has 0 saturated heterocycles. The third-order valence-corrected chi connectivity index (χ3v) is 5.40. The molecule has 0 aliphatic rings. The minimum Gasteiger partial charge on any atom is -0.481 e. The fourth-order valence-corrected chi connectivity index (χ4v) is 3.74. The zero-order chi connectivity index (χ0) is 8.91. The van der Waals surface area contributed by atoms with Crippen molar-refractivity contribution < 1.29 is 9.90 Å². The van der Waals surface area contributed by atoms with Crippen LogP contribution in [0.4, 0.5) is 0 Å². The van der Waals surface area contributed by atoms with Crippen LogP contribution in [0.5, 0.6) is 0 Å². The number of hydrogen-bond acceptors (Lipinski definition) is 1. The van der Waals surface area contributed by atoms with E-state index in [1.165, 1.54) is 12.5 Å². The van der Waals surface area contributed by atoms with Crippen LogP contribution < -0.4 is 0 Å². The number of aliphatic carboxylic acids is 1. The van der Waals surface area contributed by atoms with Crippen LogP contribution in [0.3, 0.4) is 0 Å². The molecule has 0 rings (SSSR count). The minimum atomic E-state index is -1.15. The van der Waals surface area contributed by atoms with Gasteiger partial charge in [0.1, 0.15) is 0 Å². The highest BCUT2D eigenvalue weighted by Crippen LogP contribution is 2.18. The van der Waals surface area contributed by atoms with Gasteiger partial charge in [0.2, 0.25) is 0 Å². The molecule has 0 aromatic carbocycles. The molecule has 0 heterocycles. The van der Waals surface area contributed by atoms with Crippen LogP contribution in [0.25, 0.3) is 0 Å². The molecule has 3 heteroatoms. The standard InChI is InChI=1S/C8H18O2Si/c1-4-6-11(2,3)7-5-8(9)10/h4-7H2,1-3H3,(H,9,10). The van der Waals surface area contributed by atoms with Crippen LogP contribution in [0.2, 0.25) is 25.2 Å². The summed E-state index contributed by atoms with van der Waals surface area (Å²) in [5.74, 6) is -0.651. The summed E-state index contributed by atoms with van der Waals surface area (Å²) >= 11 is 0. The molecule has 0 saturated carbocycles. The van der Waals surface area contributed by atoms with Gasteiger partial charge in [-0.25, -0.2) is 0 Å². The first-order valence-electron chi connectivity index (χ1n) is 4.20. The predicted octanol–water partition coefficient (Wildman–Crippen LogP) is 2.58. The SMILES string of the molecule is CCC[Si](C)(C)CCC(=O)O. The van der Waals surface area contributed by atoms with Crippen molar-refractivity contribution in [3.63, 3.8) is 0 Å². The van der Waals surface area contributed by atoms with Crippen LogP contribution in [-0.4, -0.2) is 19.1 Å². The predicted molar refractivity (Wildman–Crippen MR) is 49.6 cm³/mol. The molecular formula is C8H18O2Si. The summed E-state index contributed by atoms with van der Waals surface area (Å²) in [5.41, 5.74) is 0. The summed E-state index contributed by atoms with van der Waals surface area (Å²) in [5, 5.41) is 8.47. The van der Waals surface area contributed by atoms with Gasteiger partial charge in [-0.15, -0.1) is 0 Å². The van der Waals surface area contributed by atoms with Gasteiger partial charge >= 0.3 is 5.97 Å². The topological polar surface area (TPSA) is 37.3 Å². The van der Waals surface area contributed by atoms with E-state index in [1.54, 1.807) is 0 Å². The summed E-state index contributed by atoms with van der Waals surface area (Å²) in [7, 11) is -1.15. The van der Waals surface area contributed by atoms with Crippen LogP contribution in [0.15, 0.2) is 0 Å². The van der Waals surface area contributed by atoms with Gasteiger partial charge in [0.25, 0.3) is 0 Å². The second-order valence-electron chi connectivity index (χ2n) is 3.81. The summed E-state index contributed by atoms with van der Waals surface area (Å²) in [6.07, 6.45) is 1.55. The van der Waals surface area contributed by atoms with Crippen molar-refractivity contribution in [2.24, 2.45) is 0 Å². The number of hydrogen-bond donors (Lipinski definition) is 1. The highest BCUT2D eigenvalue weighted by molar-refractivity contribution is 6.77. The first kappa shape index (κ1) is 10.7. The maximum absolute atomic E-state index is 10.3. The first-order chi connectivity index (χ1) is 4.98. The van der Waals surface area contributed by atoms with E-state index in [4.69, 9.17) is 5.11 Å². The molecule has 0 unspecified atom stereocenters. The van der Waals surface area contributed by atoms with Gasteiger partial charge in [-0.05, 0) is 6.04 Å². The second-order valence-corrected chi connectivity index (χ2v) is 9.14. The van der Waals surface area contributed by atoms with Gasteiger partial charge in [-0.1, -0.05) is 32.5 Å². The van der Waals surface area contributed by atoms with Crippen LogP contribution >= 0.6 is 0 Å². The lowest BCUT2D eigenvalue weighted by atomic mass is 10.5. The van der Waals surface area contributed by atoms with Crippen molar-refractivity contribution >= 4 is 14.0 Å². The van der Waals surface area contributed by atoms with Crippen LogP contribution in [0.1, 0.15) is 19.8 Å². The Labute approximate surface area is 69.6 Å². The van der Waals surface area contributed by atoms with Crippen molar-refractivity contribution in [2.45, 2.75) is 44.9 Å². The first-order valence-corrected chi connectivity index (χ1v) is 7.61. The van der Waals surface area contributed by atoms with Crippen LogP contribution in [-0.2, 0) is 4.79 Å². The molecule has 0 amide bonds. The summed E-state index contributed by atoms with van der Waals surface area (Å²) in [6.45, 7) is 6.69. The van der Waals surface area contributed by atoms with Crippen molar-refractivity contribution in [3.8, 4) is 0 Å². The van der Waals surface area contributed by atoms with Gasteiger partial charge < -0.3 is 5.11 Å². The van der Waals surface area contributed by atoms with E-state index in [0.717, 1.165) is 6.04 Å². The normalized spacial score (nSPS) is 11.5. The fourth-order valence-electron chi connectivity index (χ4n) is 1.25. The van der Waals surface area contributed by atoms with E-state index in [0.29, 0.717) is 6.42 Å². The Hall–Kier alpha value is -0.313. The summed E-state index contributed by atoms with van der Waals surface area (Å²) in [4.78, 5) is 10.3. The third kappa shape index (κ3) is 6.10. The quantitative estimate of drug-likeness (QED) is 0.650. The molecule has 0 atom stereocenters. The number of carboxylic acid groups (broad SMARTS) is 1. The van der Waals surface area contributed by atoms with Gasteiger partial charge in [-0.3, -0.25) is 4.79 Å². The van der Waals surface area contributed by atoms with E-state index in [2.05, 4.69) is 20.0 Å². The van der Waals surface area contributed by atoms with Gasteiger partial charge in [0.15, 0.2) is 0 Å². The van der Waals surface area contributed by atoms with Crippen molar-refractivity contribution in [1.82, 2.24) is 0 Å².